The van der Waals surface area contributed by atoms with Gasteiger partial charge < -0.3 is 34.6 Å². The highest BCUT2D eigenvalue weighted by Crippen LogP contribution is 2.60. The van der Waals surface area contributed by atoms with Crippen molar-refractivity contribution in [2.45, 2.75) is 51.0 Å². The van der Waals surface area contributed by atoms with E-state index in [0.29, 0.717) is 0 Å². The van der Waals surface area contributed by atoms with Crippen LogP contribution in [0.4, 0.5) is 0 Å². The van der Waals surface area contributed by atoms with Gasteiger partial charge in [-0.05, 0) is 17.4 Å². The standard InChI is InChI=1S/C17H22Cl2O10/c1-17(2)6(3-8(18)19)11(17)15(26)29-16-14(25)13(24)12(23)7(28-16)5-27-10(22)4-9(20)21/h3,6-7,11-14,16,23-25H,4-5H2,1-2H3,(H,20,21)/t6?,7-,11?,12-,13+,14-,16+/m1/s1. The number of halogens is 2. The van der Waals surface area contributed by atoms with Gasteiger partial charge in [0.1, 0.15) is 41.9 Å². The number of allylic oxidation sites excluding steroid dienone is 1. The van der Waals surface area contributed by atoms with Crippen molar-refractivity contribution < 1.29 is 49.0 Å². The van der Waals surface area contributed by atoms with Gasteiger partial charge in [0, 0.05) is 0 Å². The van der Waals surface area contributed by atoms with E-state index in [1.807, 2.05) is 0 Å². The molecule has 1 aliphatic heterocycles. The monoisotopic (exact) mass is 456 g/mol. The highest BCUT2D eigenvalue weighted by molar-refractivity contribution is 6.55. The molecule has 1 saturated heterocycles. The van der Waals surface area contributed by atoms with Gasteiger partial charge in [-0.2, -0.15) is 0 Å². The molecule has 7 atom stereocenters. The molecule has 2 unspecified atom stereocenters. The largest absolute Gasteiger partial charge is 0.481 e. The number of carboxylic acid groups (broad SMARTS) is 1. The second kappa shape index (κ2) is 9.15. The maximum atomic E-state index is 12.5. The van der Waals surface area contributed by atoms with E-state index in [2.05, 4.69) is 4.74 Å². The molecule has 10 nitrogen and oxygen atoms in total. The van der Waals surface area contributed by atoms with Gasteiger partial charge in [-0.3, -0.25) is 14.4 Å². The molecule has 4 N–H and O–H groups in total. The van der Waals surface area contributed by atoms with Crippen molar-refractivity contribution in [3.8, 4) is 0 Å². The van der Waals surface area contributed by atoms with Gasteiger partial charge >= 0.3 is 17.9 Å². The summed E-state index contributed by atoms with van der Waals surface area (Å²) in [6, 6.07) is 0. The van der Waals surface area contributed by atoms with Crippen LogP contribution in [0.1, 0.15) is 20.3 Å². The van der Waals surface area contributed by atoms with Crippen LogP contribution in [0.25, 0.3) is 0 Å². The van der Waals surface area contributed by atoms with Crippen molar-refractivity contribution in [3.63, 3.8) is 0 Å². The molecule has 1 saturated carbocycles. The molecule has 0 radical (unpaired) electrons. The summed E-state index contributed by atoms with van der Waals surface area (Å²) in [5.74, 6) is -4.16. The maximum Gasteiger partial charge on any atom is 0.317 e. The smallest absolute Gasteiger partial charge is 0.317 e. The molecule has 0 amide bonds. The summed E-state index contributed by atoms with van der Waals surface area (Å²) in [5, 5.41) is 38.6. The average molecular weight is 457 g/mol. The number of carboxylic acids is 1. The second-order valence-corrected chi connectivity index (χ2v) is 8.49. The Morgan fingerprint density at radius 1 is 1.10 bits per heavy atom. The fourth-order valence-corrected chi connectivity index (χ4v) is 3.54. The summed E-state index contributed by atoms with van der Waals surface area (Å²) in [5.41, 5.74) is -0.504. The van der Waals surface area contributed by atoms with Gasteiger partial charge in [-0.15, -0.1) is 0 Å². The Labute approximate surface area is 175 Å². The molecular formula is C17H22Cl2O10. The van der Waals surface area contributed by atoms with Crippen LogP contribution < -0.4 is 0 Å². The maximum absolute atomic E-state index is 12.5. The van der Waals surface area contributed by atoms with E-state index in [1.54, 1.807) is 13.8 Å². The Balaban J connectivity index is 2.00. The molecule has 1 heterocycles. The van der Waals surface area contributed by atoms with Crippen LogP contribution in [0.15, 0.2) is 10.6 Å². The van der Waals surface area contributed by atoms with Crippen LogP contribution in [0, 0.1) is 17.3 Å². The third-order valence-corrected chi connectivity index (χ3v) is 5.33. The molecule has 2 aliphatic rings. The lowest BCUT2D eigenvalue weighted by atomic mass is 9.99. The van der Waals surface area contributed by atoms with E-state index in [-0.39, 0.29) is 10.4 Å². The lowest BCUT2D eigenvalue weighted by Crippen LogP contribution is -2.59. The van der Waals surface area contributed by atoms with E-state index in [9.17, 15) is 29.7 Å². The molecule has 164 valence electrons. The van der Waals surface area contributed by atoms with Crippen molar-refractivity contribution in [2.24, 2.45) is 17.3 Å². The molecule has 12 heteroatoms. The highest BCUT2D eigenvalue weighted by Gasteiger charge is 2.62. The SMILES string of the molecule is CC1(C)C(C=C(Cl)Cl)C1C(=O)O[C@@H]1O[C@H](COC(=O)CC(=O)O)[C@@H](O)[C@H](O)[C@H]1O. The quantitative estimate of drug-likeness (QED) is 0.301. The number of hydrogen-bond acceptors (Lipinski definition) is 9. The lowest BCUT2D eigenvalue weighted by molar-refractivity contribution is -0.294. The van der Waals surface area contributed by atoms with E-state index in [1.165, 1.54) is 6.08 Å². The van der Waals surface area contributed by atoms with E-state index < -0.39 is 73.0 Å². The van der Waals surface area contributed by atoms with E-state index in [0.717, 1.165) is 0 Å². The van der Waals surface area contributed by atoms with Crippen LogP contribution >= 0.6 is 23.2 Å². The van der Waals surface area contributed by atoms with Crippen LogP contribution in [0.2, 0.25) is 0 Å². The third kappa shape index (κ3) is 5.59. The zero-order valence-electron chi connectivity index (χ0n) is 15.5. The molecular weight excluding hydrogens is 435 g/mol. The predicted molar refractivity (Wildman–Crippen MR) is 96.5 cm³/mol. The Bertz CT molecular complexity index is 690. The van der Waals surface area contributed by atoms with Gasteiger partial charge in [0.05, 0.1) is 5.92 Å². The zero-order chi connectivity index (χ0) is 22.1. The number of aliphatic hydroxyl groups is 3. The van der Waals surface area contributed by atoms with Crippen LogP contribution in [0.5, 0.6) is 0 Å². The predicted octanol–water partition coefficient (Wildman–Crippen LogP) is -0.0537. The Morgan fingerprint density at radius 2 is 1.72 bits per heavy atom. The van der Waals surface area contributed by atoms with Crippen LogP contribution in [-0.4, -0.2) is 75.6 Å². The molecule has 0 aromatic heterocycles. The highest BCUT2D eigenvalue weighted by atomic mass is 35.5. The van der Waals surface area contributed by atoms with Crippen molar-refractivity contribution in [2.75, 3.05) is 6.61 Å². The number of rotatable bonds is 7. The summed E-state index contributed by atoms with van der Waals surface area (Å²) < 4.78 is 15.1. The first-order valence-electron chi connectivity index (χ1n) is 8.66. The number of hydrogen-bond donors (Lipinski definition) is 4. The average Bonchev–Trinajstić information content (AvgIpc) is 3.13. The molecule has 0 bridgehead atoms. The van der Waals surface area contributed by atoms with E-state index >= 15 is 0 Å². The Morgan fingerprint density at radius 3 is 2.28 bits per heavy atom. The zero-order valence-corrected chi connectivity index (χ0v) is 17.0. The lowest BCUT2D eigenvalue weighted by Gasteiger charge is -2.39. The number of aliphatic carboxylic acids is 1. The van der Waals surface area contributed by atoms with Crippen molar-refractivity contribution >= 4 is 41.1 Å². The minimum atomic E-state index is -1.76. The fourth-order valence-electron chi connectivity index (χ4n) is 3.26. The Hall–Kier alpha value is -1.43. The summed E-state index contributed by atoms with van der Waals surface area (Å²) in [6.45, 7) is 2.96. The van der Waals surface area contributed by atoms with Crippen molar-refractivity contribution in [3.05, 3.63) is 10.6 Å². The molecule has 0 spiro atoms. The topological polar surface area (TPSA) is 160 Å². The number of carbonyl (C=O) groups is 3. The molecule has 0 aromatic rings. The minimum absolute atomic E-state index is 0.00545. The molecule has 0 aromatic carbocycles. The number of carbonyl (C=O) groups excluding carboxylic acids is 2. The van der Waals surface area contributed by atoms with Crippen LogP contribution in [0.3, 0.4) is 0 Å². The van der Waals surface area contributed by atoms with E-state index in [4.69, 9.17) is 37.8 Å². The van der Waals surface area contributed by atoms with Crippen molar-refractivity contribution in [1.82, 2.24) is 0 Å². The summed E-state index contributed by atoms with van der Waals surface area (Å²) in [6.07, 6.45) is -7.59. The molecule has 2 fully saturated rings. The van der Waals surface area contributed by atoms with Gasteiger partial charge in [0.15, 0.2) is 0 Å². The first-order chi connectivity index (χ1) is 13.4. The molecule has 29 heavy (non-hydrogen) atoms. The number of esters is 2. The van der Waals surface area contributed by atoms with Gasteiger partial charge in [-0.25, -0.2) is 0 Å². The first kappa shape index (κ1) is 23.8. The summed E-state index contributed by atoms with van der Waals surface area (Å²) in [7, 11) is 0. The Kier molecular flexibility index (Phi) is 7.52. The summed E-state index contributed by atoms with van der Waals surface area (Å²) in [4.78, 5) is 34.3. The fraction of sp³-hybridized carbons (Fsp3) is 0.706. The normalized spacial score (nSPS) is 35.3. The van der Waals surface area contributed by atoms with Crippen LogP contribution in [-0.2, 0) is 28.6 Å². The molecule has 2 rings (SSSR count). The second-order valence-electron chi connectivity index (χ2n) is 7.49. The van der Waals surface area contributed by atoms with Gasteiger partial charge in [0.2, 0.25) is 6.29 Å². The van der Waals surface area contributed by atoms with Gasteiger partial charge in [0.25, 0.3) is 0 Å². The first-order valence-corrected chi connectivity index (χ1v) is 9.42. The summed E-state index contributed by atoms with van der Waals surface area (Å²) >= 11 is 11.3. The van der Waals surface area contributed by atoms with Crippen molar-refractivity contribution in [1.29, 1.82) is 0 Å². The van der Waals surface area contributed by atoms with Gasteiger partial charge in [-0.1, -0.05) is 37.0 Å². The minimum Gasteiger partial charge on any atom is -0.481 e. The third-order valence-electron chi connectivity index (χ3n) is 5.08. The number of ether oxygens (including phenoxy) is 3. The number of aliphatic hydroxyl groups excluding tert-OH is 3. The molecule has 1 aliphatic carbocycles.